The largest absolute Gasteiger partial charge is 0.465 e. The third kappa shape index (κ3) is 4.99. The summed E-state index contributed by atoms with van der Waals surface area (Å²) in [6.45, 7) is 6.48. The first-order valence-electron chi connectivity index (χ1n) is 11.6. The molecule has 2 aliphatic heterocycles. The molecule has 35 heavy (non-hydrogen) atoms. The zero-order valence-electron chi connectivity index (χ0n) is 20.0. The van der Waals surface area contributed by atoms with Gasteiger partial charge in [-0.15, -0.1) is 0 Å². The van der Waals surface area contributed by atoms with Gasteiger partial charge >= 0.3 is 6.09 Å². The van der Waals surface area contributed by atoms with E-state index in [2.05, 4.69) is 4.98 Å². The first kappa shape index (κ1) is 25.0. The Morgan fingerprint density at radius 3 is 2.60 bits per heavy atom. The Labute approximate surface area is 202 Å². The smallest absolute Gasteiger partial charge is 0.407 e. The van der Waals surface area contributed by atoms with Crippen LogP contribution in [0.2, 0.25) is 0 Å². The van der Waals surface area contributed by atoms with Crippen molar-refractivity contribution in [2.24, 2.45) is 0 Å². The molecular formula is C25H30F2N4O4. The summed E-state index contributed by atoms with van der Waals surface area (Å²) in [5.41, 5.74) is 2.12. The lowest BCUT2D eigenvalue weighted by Crippen LogP contribution is -2.61. The standard InChI is InChI=1S/C25H30F2N4O4/c1-15-10-29(19(13-32)11-30(15)24(34)35)12-23(33)31-14-25(2,3)20-9-28-18(8-22(20)31)6-16-4-5-17(26)7-21(16)27/h4-5,7-9,15,19,32H,6,10-14H2,1-3H3,(H,34,35)/t15-,19-/m1/s1. The molecule has 0 saturated carbocycles. The van der Waals surface area contributed by atoms with Crippen LogP contribution < -0.4 is 4.90 Å². The van der Waals surface area contributed by atoms with Gasteiger partial charge in [0.25, 0.3) is 0 Å². The molecular weight excluding hydrogens is 458 g/mol. The van der Waals surface area contributed by atoms with E-state index in [9.17, 15) is 28.6 Å². The number of fused-ring (bicyclic) bond motifs is 1. The molecule has 0 aliphatic carbocycles. The van der Waals surface area contributed by atoms with Gasteiger partial charge in [-0.3, -0.25) is 14.7 Å². The highest BCUT2D eigenvalue weighted by Gasteiger charge is 2.41. The van der Waals surface area contributed by atoms with E-state index in [0.29, 0.717) is 30.0 Å². The van der Waals surface area contributed by atoms with Crippen LogP contribution in [-0.2, 0) is 16.6 Å². The molecule has 4 rings (SSSR count). The Bertz CT molecular complexity index is 1140. The SMILES string of the molecule is C[C@@H]1CN(CC(=O)N2CC(C)(C)c3cnc(Cc4ccc(F)cc4F)cc32)[C@@H](CO)CN1C(=O)O. The molecule has 2 N–H and O–H groups in total. The molecule has 3 heterocycles. The lowest BCUT2D eigenvalue weighted by atomic mass is 9.88. The predicted molar refractivity (Wildman–Crippen MR) is 125 cm³/mol. The highest BCUT2D eigenvalue weighted by Crippen LogP contribution is 2.40. The Balaban J connectivity index is 1.56. The number of anilines is 1. The normalized spacial score (nSPS) is 21.8. The second-order valence-corrected chi connectivity index (χ2v) is 10.0. The third-order valence-electron chi connectivity index (χ3n) is 6.95. The van der Waals surface area contributed by atoms with Gasteiger partial charge in [0.1, 0.15) is 11.6 Å². The number of carbonyl (C=O) groups is 2. The number of benzene rings is 1. The van der Waals surface area contributed by atoms with Gasteiger partial charge in [-0.05, 0) is 24.6 Å². The molecule has 8 nitrogen and oxygen atoms in total. The maximum atomic E-state index is 14.2. The Morgan fingerprint density at radius 1 is 1.20 bits per heavy atom. The molecule has 0 spiro atoms. The molecule has 0 bridgehead atoms. The number of nitrogens with zero attached hydrogens (tertiary/aromatic N) is 4. The maximum Gasteiger partial charge on any atom is 0.407 e. The van der Waals surface area contributed by atoms with Crippen molar-refractivity contribution in [1.29, 1.82) is 0 Å². The van der Waals surface area contributed by atoms with Crippen molar-refractivity contribution in [3.8, 4) is 0 Å². The minimum absolute atomic E-state index is 0.0305. The van der Waals surface area contributed by atoms with Crippen LogP contribution in [-0.4, -0.2) is 81.9 Å². The van der Waals surface area contributed by atoms with Crippen molar-refractivity contribution in [3.05, 3.63) is 58.9 Å². The van der Waals surface area contributed by atoms with Gasteiger partial charge in [0, 0.05) is 61.0 Å². The molecule has 10 heteroatoms. The Hall–Kier alpha value is -3.11. The number of aliphatic hydroxyl groups excluding tert-OH is 1. The van der Waals surface area contributed by atoms with E-state index >= 15 is 0 Å². The van der Waals surface area contributed by atoms with E-state index in [1.807, 2.05) is 18.7 Å². The van der Waals surface area contributed by atoms with Gasteiger partial charge in [0.2, 0.25) is 5.91 Å². The highest BCUT2D eigenvalue weighted by atomic mass is 19.1. The molecule has 2 amide bonds. The van der Waals surface area contributed by atoms with Crippen LogP contribution in [0.1, 0.15) is 37.6 Å². The fourth-order valence-electron chi connectivity index (χ4n) is 4.98. The second kappa shape index (κ2) is 9.50. The van der Waals surface area contributed by atoms with Crippen molar-refractivity contribution in [2.45, 2.75) is 44.7 Å². The Morgan fingerprint density at radius 2 is 1.94 bits per heavy atom. The van der Waals surface area contributed by atoms with Gasteiger partial charge in [0.05, 0.1) is 24.9 Å². The number of pyridine rings is 1. The molecule has 0 unspecified atom stereocenters. The quantitative estimate of drug-likeness (QED) is 0.672. The highest BCUT2D eigenvalue weighted by molar-refractivity contribution is 5.97. The van der Waals surface area contributed by atoms with Gasteiger partial charge in [-0.25, -0.2) is 13.6 Å². The van der Waals surface area contributed by atoms with Gasteiger partial charge in [0.15, 0.2) is 0 Å². The second-order valence-electron chi connectivity index (χ2n) is 10.0. The van der Waals surface area contributed by atoms with Crippen LogP contribution in [0.5, 0.6) is 0 Å². The van der Waals surface area contributed by atoms with E-state index in [-0.39, 0.29) is 43.5 Å². The Kier molecular flexibility index (Phi) is 6.79. The van der Waals surface area contributed by atoms with Crippen LogP contribution in [0.15, 0.2) is 30.5 Å². The molecule has 2 atom stereocenters. The van der Waals surface area contributed by atoms with E-state index in [1.165, 1.54) is 17.0 Å². The van der Waals surface area contributed by atoms with Gasteiger partial charge in [-0.1, -0.05) is 19.9 Å². The maximum absolute atomic E-state index is 14.2. The van der Waals surface area contributed by atoms with Crippen LogP contribution in [0.3, 0.4) is 0 Å². The summed E-state index contributed by atoms with van der Waals surface area (Å²) in [5.74, 6) is -1.46. The number of carbonyl (C=O) groups excluding carboxylic acids is 1. The minimum atomic E-state index is -1.05. The molecule has 0 radical (unpaired) electrons. The number of aliphatic hydroxyl groups is 1. The summed E-state index contributed by atoms with van der Waals surface area (Å²) in [4.78, 5) is 34.2. The lowest BCUT2D eigenvalue weighted by Gasteiger charge is -2.43. The predicted octanol–water partition coefficient (Wildman–Crippen LogP) is 2.62. The third-order valence-corrected chi connectivity index (χ3v) is 6.95. The van der Waals surface area contributed by atoms with Crippen molar-refractivity contribution in [2.75, 3.05) is 37.7 Å². The molecule has 1 aromatic heterocycles. The van der Waals surface area contributed by atoms with Gasteiger partial charge in [-0.2, -0.15) is 0 Å². The van der Waals surface area contributed by atoms with Crippen molar-refractivity contribution in [3.63, 3.8) is 0 Å². The van der Waals surface area contributed by atoms with Crippen molar-refractivity contribution in [1.82, 2.24) is 14.8 Å². The monoisotopic (exact) mass is 488 g/mol. The van der Waals surface area contributed by atoms with Crippen molar-refractivity contribution >= 4 is 17.7 Å². The lowest BCUT2D eigenvalue weighted by molar-refractivity contribution is -0.121. The average Bonchev–Trinajstić information content (AvgIpc) is 3.06. The summed E-state index contributed by atoms with van der Waals surface area (Å²) in [5, 5.41) is 19.2. The number of aromatic nitrogens is 1. The van der Waals surface area contributed by atoms with E-state index in [1.54, 1.807) is 24.1 Å². The number of piperazine rings is 1. The fourth-order valence-corrected chi connectivity index (χ4v) is 4.98. The first-order valence-corrected chi connectivity index (χ1v) is 11.6. The summed E-state index contributed by atoms with van der Waals surface area (Å²) >= 11 is 0. The van der Waals surface area contributed by atoms with E-state index < -0.39 is 23.8 Å². The number of hydrogen-bond acceptors (Lipinski definition) is 5. The number of halogens is 2. The molecule has 2 aromatic rings. The molecule has 1 fully saturated rings. The zero-order chi connectivity index (χ0) is 25.5. The summed E-state index contributed by atoms with van der Waals surface area (Å²) in [6.07, 6.45) is 0.821. The number of amides is 2. The first-order chi connectivity index (χ1) is 16.5. The summed E-state index contributed by atoms with van der Waals surface area (Å²) in [6, 6.07) is 4.42. The summed E-state index contributed by atoms with van der Waals surface area (Å²) < 4.78 is 27.5. The number of hydrogen-bond donors (Lipinski definition) is 2. The van der Waals surface area contributed by atoms with Crippen LogP contribution in [0.25, 0.3) is 0 Å². The van der Waals surface area contributed by atoms with E-state index in [0.717, 1.165) is 11.6 Å². The molecule has 1 aromatic carbocycles. The number of rotatable bonds is 5. The average molecular weight is 489 g/mol. The number of carboxylic acid groups (broad SMARTS) is 1. The summed E-state index contributed by atoms with van der Waals surface area (Å²) in [7, 11) is 0. The molecule has 1 saturated heterocycles. The topological polar surface area (TPSA) is 97.2 Å². The van der Waals surface area contributed by atoms with Crippen molar-refractivity contribution < 1.29 is 28.6 Å². The molecule has 2 aliphatic rings. The zero-order valence-corrected chi connectivity index (χ0v) is 20.0. The van der Waals surface area contributed by atoms with Crippen LogP contribution >= 0.6 is 0 Å². The minimum Gasteiger partial charge on any atom is -0.465 e. The van der Waals surface area contributed by atoms with Gasteiger partial charge < -0.3 is 20.0 Å². The fraction of sp³-hybridized carbons (Fsp3) is 0.480. The van der Waals surface area contributed by atoms with Crippen LogP contribution in [0, 0.1) is 11.6 Å². The van der Waals surface area contributed by atoms with Crippen LogP contribution in [0.4, 0.5) is 19.3 Å². The van der Waals surface area contributed by atoms with E-state index in [4.69, 9.17) is 0 Å². The molecule has 188 valence electrons.